The van der Waals surface area contributed by atoms with Crippen LogP contribution in [0.2, 0.25) is 0 Å². The van der Waals surface area contributed by atoms with E-state index in [-0.39, 0.29) is 11.8 Å². The van der Waals surface area contributed by atoms with Crippen molar-refractivity contribution in [3.63, 3.8) is 0 Å². The van der Waals surface area contributed by atoms with E-state index < -0.39 is 0 Å². The molecule has 0 aliphatic rings. The highest BCUT2D eigenvalue weighted by Gasteiger charge is 2.13. The molecule has 0 unspecified atom stereocenters. The third-order valence-corrected chi connectivity index (χ3v) is 10.8. The molecule has 8 nitrogen and oxygen atoms in total. The molecule has 52 heavy (non-hydrogen) atoms. The number of rotatable bonds is 21. The van der Waals surface area contributed by atoms with Gasteiger partial charge in [-0.1, -0.05) is 76.2 Å². The molecule has 0 aliphatic heterocycles. The molecule has 3 rings (SSSR count). The van der Waals surface area contributed by atoms with Crippen molar-refractivity contribution >= 4 is 63.0 Å². The molecule has 1 aromatic heterocycles. The third-order valence-electron chi connectivity index (χ3n) is 8.70. The molecule has 0 radical (unpaired) electrons. The Morgan fingerprint density at radius 2 is 1.10 bits per heavy atom. The summed E-state index contributed by atoms with van der Waals surface area (Å²) in [6.07, 6.45) is 20.5. The van der Waals surface area contributed by atoms with E-state index in [4.69, 9.17) is 0 Å². The third kappa shape index (κ3) is 15.6. The van der Waals surface area contributed by atoms with Crippen LogP contribution in [0.1, 0.15) is 36.5 Å². The van der Waals surface area contributed by atoms with Gasteiger partial charge in [-0.25, -0.2) is 4.57 Å². The molecule has 278 valence electrons. The molecule has 1 heterocycles. The van der Waals surface area contributed by atoms with Crippen molar-refractivity contribution in [2.75, 3.05) is 82.7 Å². The van der Waals surface area contributed by atoms with Crippen molar-refractivity contribution in [2.45, 2.75) is 19.8 Å². The van der Waals surface area contributed by atoms with Gasteiger partial charge in [-0.05, 0) is 72.4 Å². The largest absolute Gasteiger partial charge is 0.375 e. The second kappa shape index (κ2) is 23.3. The van der Waals surface area contributed by atoms with Gasteiger partial charge < -0.3 is 24.9 Å². The summed E-state index contributed by atoms with van der Waals surface area (Å²) in [5.74, 6) is 0.882. The minimum Gasteiger partial charge on any atom is -0.375 e. The van der Waals surface area contributed by atoms with E-state index in [0.717, 1.165) is 48.4 Å². The number of quaternary nitrogens is 1. The Morgan fingerprint density at radius 1 is 0.654 bits per heavy atom. The number of nitrogens with zero attached hydrogens (tertiary/aromatic N) is 5. The van der Waals surface area contributed by atoms with Gasteiger partial charge in [-0.2, -0.15) is 0 Å². The lowest BCUT2D eigenvalue weighted by Gasteiger charge is -2.22. The quantitative estimate of drug-likeness (QED) is 0.0626. The first-order chi connectivity index (χ1) is 25.1. The summed E-state index contributed by atoms with van der Waals surface area (Å²) in [6.45, 7) is 5.12. The molecule has 3 aromatic rings. The first kappa shape index (κ1) is 42.2. The second-order valence-electron chi connectivity index (χ2n) is 12.8. The van der Waals surface area contributed by atoms with E-state index in [9.17, 15) is 9.59 Å². The number of benzene rings is 2. The molecule has 2 N–H and O–H groups in total. The van der Waals surface area contributed by atoms with Gasteiger partial charge >= 0.3 is 0 Å². The number of carbonyl (C=O) groups is 2. The zero-order valence-corrected chi connectivity index (χ0v) is 33.7. The van der Waals surface area contributed by atoms with Crippen LogP contribution in [0.5, 0.6) is 0 Å². The number of anilines is 2. The van der Waals surface area contributed by atoms with Crippen molar-refractivity contribution < 1.29 is 19.5 Å². The summed E-state index contributed by atoms with van der Waals surface area (Å²) < 4.78 is 2.02. The van der Waals surface area contributed by atoms with Crippen LogP contribution in [0, 0.1) is 0 Å². The fraction of sp³-hybridized carbons (Fsp3) is 0.357. The Labute approximate surface area is 320 Å². The van der Waals surface area contributed by atoms with Gasteiger partial charge in [0, 0.05) is 77.9 Å². The van der Waals surface area contributed by atoms with Crippen molar-refractivity contribution in [2.24, 2.45) is 7.05 Å². The average Bonchev–Trinajstić information content (AvgIpc) is 3.16. The number of pyridine rings is 1. The number of hydrogen-bond donors (Lipinski definition) is 1. The Balaban J connectivity index is 1.26. The number of amides is 2. The van der Waals surface area contributed by atoms with Gasteiger partial charge in [0.15, 0.2) is 12.4 Å². The predicted octanol–water partition coefficient (Wildman–Crippen LogP) is 6.00. The summed E-state index contributed by atoms with van der Waals surface area (Å²) in [5, 5.41) is 2.02. The maximum Gasteiger partial charge on any atom is 0.233 e. The molecule has 0 saturated heterocycles. The summed E-state index contributed by atoms with van der Waals surface area (Å²) in [7, 11) is 14.8. The van der Waals surface area contributed by atoms with Crippen molar-refractivity contribution in [1.82, 2.24) is 9.80 Å². The lowest BCUT2D eigenvalue weighted by molar-refractivity contribution is -0.671. The first-order valence-corrected chi connectivity index (χ1v) is 20.4. The minimum atomic E-state index is 0.0850. The number of hydrogen-bond acceptors (Lipinski definition) is 6. The second-order valence-corrected chi connectivity index (χ2v) is 15.3. The Morgan fingerprint density at radius 3 is 1.54 bits per heavy atom. The maximum absolute atomic E-state index is 12.7. The number of aryl methyl sites for hydroxylation is 1. The van der Waals surface area contributed by atoms with Gasteiger partial charge in [0.25, 0.3) is 0 Å². The molecule has 0 bridgehead atoms. The summed E-state index contributed by atoms with van der Waals surface area (Å²) in [4.78, 5) is 33.4. The van der Waals surface area contributed by atoms with Gasteiger partial charge in [0.1, 0.15) is 7.05 Å². The van der Waals surface area contributed by atoms with E-state index in [1.54, 1.807) is 9.80 Å². The average molecular weight is 743 g/mol. The van der Waals surface area contributed by atoms with Gasteiger partial charge in [0.05, 0.1) is 24.8 Å². The van der Waals surface area contributed by atoms with Crippen LogP contribution in [0.4, 0.5) is 11.4 Å². The standard InChI is InChI=1S/C42H57N6O2S2/c1-8-35(23-26-43-2)11-12-36-15-19-39(20-16-36)45(4)27-9-29-47(6)41(49)33-51-52-34-42(50)48(7)30-10-28-46(5)40-21-17-37(18-22-40)13-14-38-24-31-44(3)32-25-38/h8,11-26,31-32,43H,9-10,27-30,33-34H2,1-7H3/q+1/p+1. The van der Waals surface area contributed by atoms with Crippen LogP contribution < -0.4 is 19.7 Å². The zero-order chi connectivity index (χ0) is 37.7. The highest BCUT2D eigenvalue weighted by molar-refractivity contribution is 8.77. The Kier molecular flexibility index (Phi) is 18.9. The van der Waals surface area contributed by atoms with E-state index in [0.29, 0.717) is 24.6 Å². The smallest absolute Gasteiger partial charge is 0.233 e. The number of aromatic nitrogens is 1. The molecule has 2 aromatic carbocycles. The van der Waals surface area contributed by atoms with Crippen molar-refractivity contribution in [3.05, 3.63) is 120 Å². The highest BCUT2D eigenvalue weighted by atomic mass is 33.1. The summed E-state index contributed by atoms with van der Waals surface area (Å²) in [6, 6.07) is 21.2. The van der Waals surface area contributed by atoms with Gasteiger partial charge in [-0.3, -0.25) is 9.59 Å². The van der Waals surface area contributed by atoms with Crippen LogP contribution in [0.15, 0.2) is 103 Å². The summed E-state index contributed by atoms with van der Waals surface area (Å²) in [5.41, 5.74) is 6.95. The SMILES string of the molecule is CC=C(C=C[NH2+]C)C=Cc1ccc(N(C)CCCN(C)C(=O)CSSCC(=O)N(C)CCCN(C)c2ccc(C=Cc3cc[n+](C)cc3)cc2)cc1. The Bertz CT molecular complexity index is 1640. The van der Waals surface area contributed by atoms with Crippen LogP contribution in [0.3, 0.4) is 0 Å². The zero-order valence-electron chi connectivity index (χ0n) is 32.1. The number of carbonyl (C=O) groups excluding carboxylic acids is 2. The van der Waals surface area contributed by atoms with Gasteiger partial charge in [-0.15, -0.1) is 0 Å². The van der Waals surface area contributed by atoms with Crippen LogP contribution in [-0.4, -0.2) is 94.5 Å². The normalized spacial score (nSPS) is 11.9. The highest BCUT2D eigenvalue weighted by Crippen LogP contribution is 2.22. The number of allylic oxidation sites excluding steroid dienone is 4. The molecular weight excluding hydrogens is 685 g/mol. The lowest BCUT2D eigenvalue weighted by Crippen LogP contribution is -2.72. The van der Waals surface area contributed by atoms with E-state index in [1.165, 1.54) is 32.7 Å². The first-order valence-electron chi connectivity index (χ1n) is 17.9. The van der Waals surface area contributed by atoms with E-state index in [2.05, 4.69) is 121 Å². The maximum atomic E-state index is 12.7. The van der Waals surface area contributed by atoms with Crippen molar-refractivity contribution in [3.8, 4) is 0 Å². The fourth-order valence-corrected chi connectivity index (χ4v) is 7.06. The summed E-state index contributed by atoms with van der Waals surface area (Å²) >= 11 is 0. The molecule has 0 atom stereocenters. The van der Waals surface area contributed by atoms with Crippen LogP contribution in [-0.2, 0) is 16.6 Å². The fourth-order valence-electron chi connectivity index (χ4n) is 5.15. The number of nitrogens with two attached hydrogens (primary N) is 1. The van der Waals surface area contributed by atoms with Crippen LogP contribution >= 0.6 is 21.6 Å². The van der Waals surface area contributed by atoms with E-state index in [1.807, 2.05) is 63.6 Å². The molecule has 0 fully saturated rings. The molecule has 2 amide bonds. The molecule has 0 aliphatic carbocycles. The molecule has 0 saturated carbocycles. The van der Waals surface area contributed by atoms with E-state index >= 15 is 0 Å². The monoisotopic (exact) mass is 742 g/mol. The molecule has 10 heteroatoms. The minimum absolute atomic E-state index is 0.0850. The molecular formula is C42H58N6O2S2+2. The Hall–Kier alpha value is -4.25. The lowest BCUT2D eigenvalue weighted by atomic mass is 10.1. The van der Waals surface area contributed by atoms with Crippen LogP contribution in [0.25, 0.3) is 18.2 Å². The molecule has 0 spiro atoms. The van der Waals surface area contributed by atoms with Crippen molar-refractivity contribution in [1.29, 1.82) is 0 Å². The van der Waals surface area contributed by atoms with Gasteiger partial charge in [0.2, 0.25) is 11.8 Å². The topological polar surface area (TPSA) is 67.6 Å². The predicted molar refractivity (Wildman–Crippen MR) is 225 cm³/mol.